The summed E-state index contributed by atoms with van der Waals surface area (Å²) in [6.45, 7) is 2.39. The predicted molar refractivity (Wildman–Crippen MR) is 88.5 cm³/mol. The van der Waals surface area contributed by atoms with E-state index in [-0.39, 0.29) is 18.4 Å². The summed E-state index contributed by atoms with van der Waals surface area (Å²) in [5, 5.41) is 2.85. The van der Waals surface area contributed by atoms with E-state index < -0.39 is 0 Å². The molecule has 0 aliphatic heterocycles. The SMILES string of the molecule is CC(=O)N(CC(=O)NCCc1ccccc1)Cc1ccccn1. The molecule has 23 heavy (non-hydrogen) atoms. The Kier molecular flexibility index (Phi) is 6.29. The first-order valence-electron chi connectivity index (χ1n) is 7.61. The molecule has 1 aromatic heterocycles. The number of carbonyl (C=O) groups excluding carboxylic acids is 2. The fourth-order valence-electron chi connectivity index (χ4n) is 2.19. The Hall–Kier alpha value is -2.69. The van der Waals surface area contributed by atoms with E-state index in [1.165, 1.54) is 17.4 Å². The molecule has 1 aromatic carbocycles. The largest absolute Gasteiger partial charge is 0.354 e. The van der Waals surface area contributed by atoms with Gasteiger partial charge in [0.25, 0.3) is 0 Å². The monoisotopic (exact) mass is 311 g/mol. The Bertz CT molecular complexity index is 629. The summed E-state index contributed by atoms with van der Waals surface area (Å²) in [5.41, 5.74) is 1.93. The number of aromatic nitrogens is 1. The summed E-state index contributed by atoms with van der Waals surface area (Å²) in [5.74, 6) is -0.305. The first kappa shape index (κ1) is 16.7. The topological polar surface area (TPSA) is 62.3 Å². The lowest BCUT2D eigenvalue weighted by atomic mass is 10.1. The van der Waals surface area contributed by atoms with Gasteiger partial charge < -0.3 is 10.2 Å². The molecule has 1 heterocycles. The van der Waals surface area contributed by atoms with Crippen molar-refractivity contribution in [2.24, 2.45) is 0 Å². The van der Waals surface area contributed by atoms with Gasteiger partial charge in [-0.3, -0.25) is 14.6 Å². The number of amides is 2. The van der Waals surface area contributed by atoms with Crippen molar-refractivity contribution in [2.75, 3.05) is 13.1 Å². The fourth-order valence-corrected chi connectivity index (χ4v) is 2.19. The van der Waals surface area contributed by atoms with Gasteiger partial charge in [0.2, 0.25) is 11.8 Å². The van der Waals surface area contributed by atoms with Gasteiger partial charge in [-0.25, -0.2) is 0 Å². The van der Waals surface area contributed by atoms with Gasteiger partial charge in [-0.2, -0.15) is 0 Å². The van der Waals surface area contributed by atoms with Gasteiger partial charge in [-0.1, -0.05) is 36.4 Å². The van der Waals surface area contributed by atoms with Crippen LogP contribution in [0.15, 0.2) is 54.7 Å². The third-order valence-electron chi connectivity index (χ3n) is 3.44. The van der Waals surface area contributed by atoms with Crippen LogP contribution in [0.25, 0.3) is 0 Å². The van der Waals surface area contributed by atoms with Crippen LogP contribution in [0.2, 0.25) is 0 Å². The summed E-state index contributed by atoms with van der Waals surface area (Å²) < 4.78 is 0. The van der Waals surface area contributed by atoms with Crippen molar-refractivity contribution in [3.63, 3.8) is 0 Å². The molecule has 5 heteroatoms. The van der Waals surface area contributed by atoms with Crippen molar-refractivity contribution in [3.05, 3.63) is 66.0 Å². The summed E-state index contributed by atoms with van der Waals surface area (Å²) in [6.07, 6.45) is 2.44. The number of pyridine rings is 1. The van der Waals surface area contributed by atoms with Crippen molar-refractivity contribution in [1.29, 1.82) is 0 Å². The van der Waals surface area contributed by atoms with Crippen molar-refractivity contribution in [3.8, 4) is 0 Å². The fraction of sp³-hybridized carbons (Fsp3) is 0.278. The van der Waals surface area contributed by atoms with Crippen LogP contribution < -0.4 is 5.32 Å². The van der Waals surface area contributed by atoms with Crippen molar-refractivity contribution in [2.45, 2.75) is 19.9 Å². The predicted octanol–water partition coefficient (Wildman–Crippen LogP) is 1.79. The smallest absolute Gasteiger partial charge is 0.239 e. The zero-order chi connectivity index (χ0) is 16.5. The summed E-state index contributed by atoms with van der Waals surface area (Å²) in [7, 11) is 0. The Morgan fingerprint density at radius 3 is 2.48 bits per heavy atom. The van der Waals surface area contributed by atoms with Gasteiger partial charge in [0.15, 0.2) is 0 Å². The number of rotatable bonds is 7. The number of hydrogen-bond acceptors (Lipinski definition) is 3. The van der Waals surface area contributed by atoms with Crippen LogP contribution >= 0.6 is 0 Å². The lowest BCUT2D eigenvalue weighted by molar-refractivity contribution is -0.134. The molecule has 0 bridgehead atoms. The minimum atomic E-state index is -0.160. The van der Waals surface area contributed by atoms with Gasteiger partial charge in [0.05, 0.1) is 18.8 Å². The highest BCUT2D eigenvalue weighted by Gasteiger charge is 2.14. The molecule has 0 atom stereocenters. The zero-order valence-electron chi connectivity index (χ0n) is 13.2. The van der Waals surface area contributed by atoms with E-state index in [2.05, 4.69) is 10.3 Å². The Morgan fingerprint density at radius 2 is 1.83 bits per heavy atom. The Morgan fingerprint density at radius 1 is 1.09 bits per heavy atom. The first-order chi connectivity index (χ1) is 11.1. The van der Waals surface area contributed by atoms with Crippen molar-refractivity contribution >= 4 is 11.8 Å². The van der Waals surface area contributed by atoms with E-state index in [1.54, 1.807) is 6.20 Å². The van der Waals surface area contributed by atoms with Crippen LogP contribution in [-0.2, 0) is 22.6 Å². The second kappa shape index (κ2) is 8.68. The zero-order valence-corrected chi connectivity index (χ0v) is 13.2. The minimum Gasteiger partial charge on any atom is -0.354 e. The Balaban J connectivity index is 1.80. The van der Waals surface area contributed by atoms with Gasteiger partial charge in [-0.15, -0.1) is 0 Å². The van der Waals surface area contributed by atoms with Crippen LogP contribution in [0.5, 0.6) is 0 Å². The first-order valence-corrected chi connectivity index (χ1v) is 7.61. The molecule has 5 nitrogen and oxygen atoms in total. The highest BCUT2D eigenvalue weighted by molar-refractivity contribution is 5.83. The van der Waals surface area contributed by atoms with Gasteiger partial charge in [0.1, 0.15) is 0 Å². The number of carbonyl (C=O) groups is 2. The normalized spacial score (nSPS) is 10.1. The molecule has 0 saturated heterocycles. The van der Waals surface area contributed by atoms with Gasteiger partial charge in [0, 0.05) is 19.7 Å². The second-order valence-corrected chi connectivity index (χ2v) is 5.28. The molecule has 0 aliphatic carbocycles. The minimum absolute atomic E-state index is 0.0424. The van der Waals surface area contributed by atoms with E-state index in [9.17, 15) is 9.59 Å². The number of nitrogens with zero attached hydrogens (tertiary/aromatic N) is 2. The highest BCUT2D eigenvalue weighted by atomic mass is 16.2. The average Bonchev–Trinajstić information content (AvgIpc) is 2.56. The standard InChI is InChI=1S/C18H21N3O2/c1-15(22)21(13-17-9-5-6-11-19-17)14-18(23)20-12-10-16-7-3-2-4-8-16/h2-9,11H,10,12-14H2,1H3,(H,20,23). The number of benzene rings is 1. The number of hydrogen-bond donors (Lipinski definition) is 1. The third-order valence-corrected chi connectivity index (χ3v) is 3.44. The number of nitrogens with one attached hydrogen (secondary N) is 1. The lowest BCUT2D eigenvalue weighted by Gasteiger charge is -2.20. The van der Waals surface area contributed by atoms with E-state index in [0.29, 0.717) is 13.1 Å². The molecule has 120 valence electrons. The van der Waals surface area contributed by atoms with Crippen LogP contribution in [0.4, 0.5) is 0 Å². The molecule has 1 N–H and O–H groups in total. The van der Waals surface area contributed by atoms with E-state index in [4.69, 9.17) is 0 Å². The van der Waals surface area contributed by atoms with Crippen LogP contribution in [-0.4, -0.2) is 34.8 Å². The average molecular weight is 311 g/mol. The second-order valence-electron chi connectivity index (χ2n) is 5.28. The molecule has 0 radical (unpaired) electrons. The van der Waals surface area contributed by atoms with E-state index in [0.717, 1.165) is 12.1 Å². The van der Waals surface area contributed by atoms with Crippen molar-refractivity contribution < 1.29 is 9.59 Å². The summed E-state index contributed by atoms with van der Waals surface area (Å²) in [6, 6.07) is 15.5. The quantitative estimate of drug-likeness (QED) is 0.848. The maximum Gasteiger partial charge on any atom is 0.239 e. The molecule has 0 fully saturated rings. The summed E-state index contributed by atoms with van der Waals surface area (Å²) in [4.78, 5) is 29.4. The molecular weight excluding hydrogens is 290 g/mol. The molecule has 0 spiro atoms. The maximum absolute atomic E-state index is 12.0. The molecule has 2 amide bonds. The van der Waals surface area contributed by atoms with Gasteiger partial charge in [-0.05, 0) is 24.1 Å². The van der Waals surface area contributed by atoms with Gasteiger partial charge >= 0.3 is 0 Å². The molecular formula is C18H21N3O2. The molecule has 2 aromatic rings. The van der Waals surface area contributed by atoms with Crippen LogP contribution in [0, 0.1) is 0 Å². The molecule has 0 aliphatic rings. The summed E-state index contributed by atoms with van der Waals surface area (Å²) >= 11 is 0. The molecule has 0 unspecified atom stereocenters. The highest BCUT2D eigenvalue weighted by Crippen LogP contribution is 2.02. The van der Waals surface area contributed by atoms with E-state index >= 15 is 0 Å². The van der Waals surface area contributed by atoms with Crippen LogP contribution in [0.1, 0.15) is 18.2 Å². The van der Waals surface area contributed by atoms with Crippen molar-refractivity contribution in [1.82, 2.24) is 15.2 Å². The third kappa shape index (κ3) is 5.90. The molecule has 0 saturated carbocycles. The van der Waals surface area contributed by atoms with E-state index in [1.807, 2.05) is 48.5 Å². The maximum atomic E-state index is 12.0. The lowest BCUT2D eigenvalue weighted by Crippen LogP contribution is -2.40. The molecule has 2 rings (SSSR count). The Labute approximate surface area is 136 Å². The van der Waals surface area contributed by atoms with Crippen LogP contribution in [0.3, 0.4) is 0 Å².